The van der Waals surface area contributed by atoms with Gasteiger partial charge in [-0.25, -0.2) is 14.4 Å². The van der Waals surface area contributed by atoms with E-state index in [1.54, 1.807) is 24.3 Å². The number of nitrogens with zero attached hydrogens (tertiary/aromatic N) is 2. The number of Topliss-reactive ketones (excluding diaryl/α,β-unsaturated/α-hetero) is 1. The van der Waals surface area contributed by atoms with Gasteiger partial charge in [0, 0.05) is 29.4 Å². The molecule has 0 fully saturated rings. The Balaban J connectivity index is 1.67. The number of rotatable bonds is 8. The van der Waals surface area contributed by atoms with Gasteiger partial charge in [0.05, 0.1) is 19.5 Å². The van der Waals surface area contributed by atoms with Crippen LogP contribution in [-0.4, -0.2) is 35.8 Å². The molecule has 0 aliphatic carbocycles. The van der Waals surface area contributed by atoms with Crippen molar-refractivity contribution in [2.75, 3.05) is 19.5 Å². The van der Waals surface area contributed by atoms with E-state index >= 15 is 0 Å². The summed E-state index contributed by atoms with van der Waals surface area (Å²) >= 11 is 0. The molecule has 0 unspecified atom stereocenters. The molecule has 0 saturated carbocycles. The SMILES string of the molecule is CNC(=O)c1cc(COc2cnc(Nc3ccc(C(C)=O)cc3)nc2)c(F)c(OC)c1. The van der Waals surface area contributed by atoms with Gasteiger partial charge in [0.25, 0.3) is 5.91 Å². The molecule has 1 heterocycles. The van der Waals surface area contributed by atoms with Crippen molar-refractivity contribution in [3.8, 4) is 11.5 Å². The number of methoxy groups -OCH3 is 1. The molecule has 1 aromatic heterocycles. The van der Waals surface area contributed by atoms with E-state index in [0.29, 0.717) is 17.3 Å². The molecule has 2 aromatic carbocycles. The van der Waals surface area contributed by atoms with Crippen LogP contribution in [0.3, 0.4) is 0 Å². The summed E-state index contributed by atoms with van der Waals surface area (Å²) in [4.78, 5) is 31.5. The Hall–Kier alpha value is -4.01. The molecular weight excluding hydrogens is 403 g/mol. The second-order valence-electron chi connectivity index (χ2n) is 6.52. The molecule has 1 amide bonds. The summed E-state index contributed by atoms with van der Waals surface area (Å²) in [5, 5.41) is 5.50. The number of carbonyl (C=O) groups excluding carboxylic acids is 2. The van der Waals surface area contributed by atoms with E-state index < -0.39 is 5.82 Å². The molecule has 9 heteroatoms. The number of amides is 1. The zero-order valence-corrected chi connectivity index (χ0v) is 17.2. The van der Waals surface area contributed by atoms with Crippen LogP contribution in [0.4, 0.5) is 16.0 Å². The molecule has 0 spiro atoms. The molecule has 0 radical (unpaired) electrons. The molecule has 3 rings (SSSR count). The van der Waals surface area contributed by atoms with Crippen molar-refractivity contribution in [1.82, 2.24) is 15.3 Å². The van der Waals surface area contributed by atoms with Crippen molar-refractivity contribution in [1.29, 1.82) is 0 Å². The normalized spacial score (nSPS) is 10.3. The number of anilines is 2. The van der Waals surface area contributed by atoms with Gasteiger partial charge < -0.3 is 20.1 Å². The fourth-order valence-corrected chi connectivity index (χ4v) is 2.72. The van der Waals surface area contributed by atoms with Crippen molar-refractivity contribution >= 4 is 23.3 Å². The molecule has 0 atom stereocenters. The van der Waals surface area contributed by atoms with Crippen molar-refractivity contribution in [2.45, 2.75) is 13.5 Å². The number of ketones is 1. The molecule has 160 valence electrons. The molecule has 3 aromatic rings. The maximum absolute atomic E-state index is 14.5. The lowest BCUT2D eigenvalue weighted by atomic mass is 10.1. The monoisotopic (exact) mass is 424 g/mol. The number of halogens is 1. The molecule has 0 aliphatic rings. The van der Waals surface area contributed by atoms with Gasteiger partial charge in [-0.15, -0.1) is 0 Å². The average Bonchev–Trinajstić information content (AvgIpc) is 2.79. The van der Waals surface area contributed by atoms with Crippen LogP contribution < -0.4 is 20.1 Å². The van der Waals surface area contributed by atoms with Gasteiger partial charge in [0.15, 0.2) is 23.1 Å². The van der Waals surface area contributed by atoms with Crippen LogP contribution in [0.2, 0.25) is 0 Å². The van der Waals surface area contributed by atoms with E-state index in [1.807, 2.05) is 0 Å². The number of aromatic nitrogens is 2. The first-order valence-electron chi connectivity index (χ1n) is 9.32. The van der Waals surface area contributed by atoms with E-state index in [4.69, 9.17) is 9.47 Å². The van der Waals surface area contributed by atoms with E-state index in [-0.39, 0.29) is 35.2 Å². The Kier molecular flexibility index (Phi) is 6.76. The van der Waals surface area contributed by atoms with E-state index in [0.717, 1.165) is 5.69 Å². The zero-order chi connectivity index (χ0) is 22.4. The Morgan fingerprint density at radius 3 is 2.32 bits per heavy atom. The summed E-state index contributed by atoms with van der Waals surface area (Å²) in [6, 6.07) is 9.64. The molecule has 31 heavy (non-hydrogen) atoms. The first-order valence-corrected chi connectivity index (χ1v) is 9.32. The molecule has 0 saturated heterocycles. The summed E-state index contributed by atoms with van der Waals surface area (Å²) in [6.45, 7) is 1.36. The van der Waals surface area contributed by atoms with Crippen molar-refractivity contribution in [3.05, 3.63) is 71.3 Å². The Morgan fingerprint density at radius 2 is 1.74 bits per heavy atom. The minimum atomic E-state index is -0.608. The van der Waals surface area contributed by atoms with Gasteiger partial charge >= 0.3 is 0 Å². The Labute approximate surface area is 178 Å². The smallest absolute Gasteiger partial charge is 0.251 e. The minimum Gasteiger partial charge on any atom is -0.494 e. The average molecular weight is 424 g/mol. The van der Waals surface area contributed by atoms with Crippen LogP contribution in [0.5, 0.6) is 11.5 Å². The minimum absolute atomic E-state index is 0.0146. The highest BCUT2D eigenvalue weighted by Crippen LogP contribution is 2.24. The second-order valence-corrected chi connectivity index (χ2v) is 6.52. The van der Waals surface area contributed by atoms with Gasteiger partial charge in [-0.1, -0.05) is 0 Å². The summed E-state index contributed by atoms with van der Waals surface area (Å²) in [7, 11) is 2.81. The van der Waals surface area contributed by atoms with Gasteiger partial charge in [0.2, 0.25) is 5.95 Å². The maximum Gasteiger partial charge on any atom is 0.251 e. The van der Waals surface area contributed by atoms with Crippen LogP contribution in [0.25, 0.3) is 0 Å². The van der Waals surface area contributed by atoms with Crippen LogP contribution in [0.1, 0.15) is 33.2 Å². The fourth-order valence-electron chi connectivity index (χ4n) is 2.72. The summed E-state index contributed by atoms with van der Waals surface area (Å²) in [6.07, 6.45) is 2.88. The van der Waals surface area contributed by atoms with Crippen molar-refractivity contribution in [3.63, 3.8) is 0 Å². The highest BCUT2D eigenvalue weighted by Gasteiger charge is 2.15. The Morgan fingerprint density at radius 1 is 1.06 bits per heavy atom. The molecule has 8 nitrogen and oxygen atoms in total. The highest BCUT2D eigenvalue weighted by molar-refractivity contribution is 5.95. The molecule has 0 bridgehead atoms. The second kappa shape index (κ2) is 9.66. The fraction of sp³-hybridized carbons (Fsp3) is 0.182. The highest BCUT2D eigenvalue weighted by atomic mass is 19.1. The lowest BCUT2D eigenvalue weighted by Gasteiger charge is -2.12. The standard InChI is InChI=1S/C22H21FN4O4/c1-13(28)14-4-6-17(7-5-14)27-22-25-10-18(11-26-22)31-12-16-8-15(21(29)24-2)9-19(30-3)20(16)23/h4-11H,12H2,1-3H3,(H,24,29)(H,25,26,27). The number of nitrogens with one attached hydrogen (secondary N) is 2. The van der Waals surface area contributed by atoms with Crippen LogP contribution in [0, 0.1) is 5.82 Å². The molecular formula is C22H21FN4O4. The van der Waals surface area contributed by atoms with Gasteiger partial charge in [-0.2, -0.15) is 0 Å². The number of ether oxygens (including phenoxy) is 2. The number of hydrogen-bond acceptors (Lipinski definition) is 7. The van der Waals surface area contributed by atoms with Crippen LogP contribution >= 0.6 is 0 Å². The van der Waals surface area contributed by atoms with E-state index in [1.165, 1.54) is 45.6 Å². The summed E-state index contributed by atoms with van der Waals surface area (Å²) < 4.78 is 25.1. The predicted octanol–water partition coefficient (Wildman–Crippen LogP) is 3.51. The number of carbonyl (C=O) groups is 2. The third-order valence-electron chi connectivity index (χ3n) is 4.39. The van der Waals surface area contributed by atoms with Crippen molar-refractivity contribution in [2.24, 2.45) is 0 Å². The molecule has 0 aliphatic heterocycles. The Bertz CT molecular complexity index is 1090. The lowest BCUT2D eigenvalue weighted by molar-refractivity contribution is 0.0961. The van der Waals surface area contributed by atoms with Crippen LogP contribution in [0.15, 0.2) is 48.8 Å². The largest absolute Gasteiger partial charge is 0.494 e. The third-order valence-corrected chi connectivity index (χ3v) is 4.39. The lowest BCUT2D eigenvalue weighted by Crippen LogP contribution is -2.18. The summed E-state index contributed by atoms with van der Waals surface area (Å²) in [5.41, 5.74) is 1.75. The third kappa shape index (κ3) is 5.33. The zero-order valence-electron chi connectivity index (χ0n) is 17.2. The number of benzene rings is 2. The van der Waals surface area contributed by atoms with Gasteiger partial charge in [-0.05, 0) is 43.3 Å². The number of hydrogen-bond donors (Lipinski definition) is 2. The molecule has 2 N–H and O–H groups in total. The first-order chi connectivity index (χ1) is 14.9. The van der Waals surface area contributed by atoms with Crippen molar-refractivity contribution < 1.29 is 23.5 Å². The quantitative estimate of drug-likeness (QED) is 0.534. The van der Waals surface area contributed by atoms with E-state index in [2.05, 4.69) is 20.6 Å². The van der Waals surface area contributed by atoms with Crippen LogP contribution in [-0.2, 0) is 6.61 Å². The predicted molar refractivity (Wildman–Crippen MR) is 112 cm³/mol. The van der Waals surface area contributed by atoms with Gasteiger partial charge in [-0.3, -0.25) is 9.59 Å². The van der Waals surface area contributed by atoms with E-state index in [9.17, 15) is 14.0 Å². The maximum atomic E-state index is 14.5. The summed E-state index contributed by atoms with van der Waals surface area (Å²) in [5.74, 6) is -0.387. The topological polar surface area (TPSA) is 102 Å². The first kappa shape index (κ1) is 21.7. The van der Waals surface area contributed by atoms with Gasteiger partial charge in [0.1, 0.15) is 6.61 Å².